The van der Waals surface area contributed by atoms with Gasteiger partial charge in [-0.15, -0.1) is 0 Å². The number of ether oxygens (including phenoxy) is 2. The molecule has 26 heavy (non-hydrogen) atoms. The molecule has 1 unspecified atom stereocenters. The standard InChI is InChI=1S/C21H25NO4/c1-3-7-19(17-8-5-4-6-9-17)22-20(23)15-26-21(24)14-16-10-12-18(25-2)13-11-16/h4-6,8-13,19H,3,7,14-15H2,1-2H3,(H,22,23). The van der Waals surface area contributed by atoms with Crippen LogP contribution in [-0.4, -0.2) is 25.6 Å². The van der Waals surface area contributed by atoms with Gasteiger partial charge in [-0.3, -0.25) is 9.59 Å². The molecule has 1 N–H and O–H groups in total. The molecule has 138 valence electrons. The highest BCUT2D eigenvalue weighted by Crippen LogP contribution is 2.18. The van der Waals surface area contributed by atoms with Crippen molar-refractivity contribution in [3.63, 3.8) is 0 Å². The number of amides is 1. The first-order valence-corrected chi connectivity index (χ1v) is 8.75. The maximum absolute atomic E-state index is 12.1. The number of carbonyl (C=O) groups excluding carboxylic acids is 2. The van der Waals surface area contributed by atoms with Gasteiger partial charge in [-0.25, -0.2) is 0 Å². The molecule has 0 heterocycles. The van der Waals surface area contributed by atoms with Crippen molar-refractivity contribution in [3.8, 4) is 5.75 Å². The Morgan fingerprint density at radius 1 is 1.04 bits per heavy atom. The van der Waals surface area contributed by atoms with E-state index >= 15 is 0 Å². The summed E-state index contributed by atoms with van der Waals surface area (Å²) in [6.45, 7) is 1.79. The summed E-state index contributed by atoms with van der Waals surface area (Å²) in [5, 5.41) is 2.94. The second-order valence-corrected chi connectivity index (χ2v) is 6.00. The number of esters is 1. The van der Waals surface area contributed by atoms with Gasteiger partial charge in [0.25, 0.3) is 5.91 Å². The van der Waals surface area contributed by atoms with Gasteiger partial charge in [-0.2, -0.15) is 0 Å². The van der Waals surface area contributed by atoms with Gasteiger partial charge in [-0.1, -0.05) is 55.8 Å². The molecule has 0 spiro atoms. The Bertz CT molecular complexity index is 698. The number of rotatable bonds is 9. The molecule has 1 atom stereocenters. The maximum Gasteiger partial charge on any atom is 0.310 e. The molecule has 2 rings (SSSR count). The highest BCUT2D eigenvalue weighted by atomic mass is 16.5. The zero-order valence-corrected chi connectivity index (χ0v) is 15.2. The van der Waals surface area contributed by atoms with Crippen LogP contribution in [0.5, 0.6) is 5.75 Å². The van der Waals surface area contributed by atoms with Crippen LogP contribution in [0.15, 0.2) is 54.6 Å². The van der Waals surface area contributed by atoms with Crippen molar-refractivity contribution in [3.05, 3.63) is 65.7 Å². The molecule has 0 bridgehead atoms. The van der Waals surface area contributed by atoms with E-state index in [9.17, 15) is 9.59 Å². The Morgan fingerprint density at radius 3 is 2.35 bits per heavy atom. The predicted molar refractivity (Wildman–Crippen MR) is 99.9 cm³/mol. The van der Waals surface area contributed by atoms with Crippen LogP contribution in [0.1, 0.15) is 36.9 Å². The van der Waals surface area contributed by atoms with Gasteiger partial charge >= 0.3 is 5.97 Å². The first-order valence-electron chi connectivity index (χ1n) is 8.75. The normalized spacial score (nSPS) is 11.5. The van der Waals surface area contributed by atoms with E-state index in [2.05, 4.69) is 12.2 Å². The van der Waals surface area contributed by atoms with E-state index in [0.717, 1.165) is 29.7 Å². The Morgan fingerprint density at radius 2 is 1.73 bits per heavy atom. The summed E-state index contributed by atoms with van der Waals surface area (Å²) < 4.78 is 10.2. The van der Waals surface area contributed by atoms with E-state index in [-0.39, 0.29) is 25.0 Å². The lowest BCUT2D eigenvalue weighted by atomic mass is 10.0. The monoisotopic (exact) mass is 355 g/mol. The van der Waals surface area contributed by atoms with Crippen molar-refractivity contribution >= 4 is 11.9 Å². The highest BCUT2D eigenvalue weighted by molar-refractivity contribution is 5.81. The minimum absolute atomic E-state index is 0.0750. The van der Waals surface area contributed by atoms with Crippen LogP contribution in [0.4, 0.5) is 0 Å². The fourth-order valence-electron chi connectivity index (χ4n) is 2.64. The van der Waals surface area contributed by atoms with Crippen LogP contribution in [0.2, 0.25) is 0 Å². The lowest BCUT2D eigenvalue weighted by molar-refractivity contribution is -0.148. The van der Waals surface area contributed by atoms with Crippen molar-refractivity contribution < 1.29 is 19.1 Å². The summed E-state index contributed by atoms with van der Waals surface area (Å²) in [5.41, 5.74) is 1.86. The van der Waals surface area contributed by atoms with E-state index < -0.39 is 5.97 Å². The third-order valence-electron chi connectivity index (χ3n) is 3.99. The van der Waals surface area contributed by atoms with Gasteiger partial charge in [0.05, 0.1) is 19.6 Å². The lowest BCUT2D eigenvalue weighted by Crippen LogP contribution is -2.32. The Labute approximate surface area is 154 Å². The number of hydrogen-bond donors (Lipinski definition) is 1. The summed E-state index contributed by atoms with van der Waals surface area (Å²) >= 11 is 0. The van der Waals surface area contributed by atoms with Gasteiger partial charge in [0, 0.05) is 0 Å². The minimum Gasteiger partial charge on any atom is -0.497 e. The average molecular weight is 355 g/mol. The third kappa shape index (κ3) is 6.24. The zero-order chi connectivity index (χ0) is 18.8. The van der Waals surface area contributed by atoms with Crippen molar-refractivity contribution in [2.75, 3.05) is 13.7 Å². The Balaban J connectivity index is 1.81. The van der Waals surface area contributed by atoms with E-state index in [4.69, 9.17) is 9.47 Å². The van der Waals surface area contributed by atoms with E-state index in [1.807, 2.05) is 30.3 Å². The summed E-state index contributed by atoms with van der Waals surface area (Å²) in [4.78, 5) is 24.1. The molecule has 0 fully saturated rings. The van der Waals surface area contributed by atoms with Crippen LogP contribution in [-0.2, 0) is 20.7 Å². The van der Waals surface area contributed by atoms with E-state index in [1.165, 1.54) is 0 Å². The second-order valence-electron chi connectivity index (χ2n) is 6.00. The zero-order valence-electron chi connectivity index (χ0n) is 15.2. The van der Waals surface area contributed by atoms with Gasteiger partial charge in [-0.05, 0) is 29.7 Å². The van der Waals surface area contributed by atoms with E-state index in [0.29, 0.717) is 0 Å². The van der Waals surface area contributed by atoms with Crippen LogP contribution in [0.25, 0.3) is 0 Å². The number of benzene rings is 2. The quantitative estimate of drug-likeness (QED) is 0.700. The molecule has 0 aromatic heterocycles. The molecular formula is C21H25NO4. The van der Waals surface area contributed by atoms with Gasteiger partial charge in [0.15, 0.2) is 6.61 Å². The Hall–Kier alpha value is -2.82. The van der Waals surface area contributed by atoms with Gasteiger partial charge in [0.1, 0.15) is 5.75 Å². The first kappa shape index (κ1) is 19.5. The Kier molecular flexibility index (Phi) is 7.68. The van der Waals surface area contributed by atoms with Crippen LogP contribution >= 0.6 is 0 Å². The average Bonchev–Trinajstić information content (AvgIpc) is 2.67. The molecule has 0 aliphatic heterocycles. The number of hydrogen-bond acceptors (Lipinski definition) is 4. The summed E-state index contributed by atoms with van der Waals surface area (Å²) in [6, 6.07) is 16.9. The predicted octanol–water partition coefficient (Wildman–Crippen LogP) is 3.44. The third-order valence-corrected chi connectivity index (χ3v) is 3.99. The fourth-order valence-corrected chi connectivity index (χ4v) is 2.64. The molecule has 5 nitrogen and oxygen atoms in total. The SMILES string of the molecule is CCCC(NC(=O)COC(=O)Cc1ccc(OC)cc1)c1ccccc1. The number of methoxy groups -OCH3 is 1. The molecule has 0 aliphatic rings. The fraction of sp³-hybridized carbons (Fsp3) is 0.333. The molecule has 0 aliphatic carbocycles. The minimum atomic E-state index is -0.433. The first-order chi connectivity index (χ1) is 12.6. The van der Waals surface area contributed by atoms with Crippen molar-refractivity contribution in [2.45, 2.75) is 32.2 Å². The van der Waals surface area contributed by atoms with Crippen molar-refractivity contribution in [2.24, 2.45) is 0 Å². The van der Waals surface area contributed by atoms with Crippen LogP contribution in [0, 0.1) is 0 Å². The smallest absolute Gasteiger partial charge is 0.310 e. The maximum atomic E-state index is 12.1. The van der Waals surface area contributed by atoms with Crippen molar-refractivity contribution in [1.29, 1.82) is 0 Å². The summed E-state index contributed by atoms with van der Waals surface area (Å²) in [7, 11) is 1.59. The van der Waals surface area contributed by atoms with Gasteiger partial charge < -0.3 is 14.8 Å². The summed E-state index contributed by atoms with van der Waals surface area (Å²) in [5.74, 6) is -0.00294. The molecular weight excluding hydrogens is 330 g/mol. The topological polar surface area (TPSA) is 64.6 Å². The van der Waals surface area contributed by atoms with Crippen LogP contribution < -0.4 is 10.1 Å². The second kappa shape index (κ2) is 10.2. The molecule has 1 amide bonds. The van der Waals surface area contributed by atoms with E-state index in [1.54, 1.807) is 31.4 Å². The largest absolute Gasteiger partial charge is 0.497 e. The highest BCUT2D eigenvalue weighted by Gasteiger charge is 2.15. The van der Waals surface area contributed by atoms with Gasteiger partial charge in [0.2, 0.25) is 0 Å². The van der Waals surface area contributed by atoms with Crippen LogP contribution in [0.3, 0.4) is 0 Å². The van der Waals surface area contributed by atoms with Crippen molar-refractivity contribution in [1.82, 2.24) is 5.32 Å². The number of carbonyl (C=O) groups is 2. The summed E-state index contributed by atoms with van der Waals surface area (Å²) in [6.07, 6.45) is 1.89. The molecule has 5 heteroatoms. The molecule has 0 saturated heterocycles. The molecule has 2 aromatic carbocycles. The molecule has 2 aromatic rings. The lowest BCUT2D eigenvalue weighted by Gasteiger charge is -2.18. The molecule has 0 radical (unpaired) electrons. The molecule has 0 saturated carbocycles. The number of nitrogens with one attached hydrogen (secondary N) is 1.